The second-order valence-electron chi connectivity index (χ2n) is 3.66. The number of hydrogen-bond donors (Lipinski definition) is 1. The van der Waals surface area contributed by atoms with Crippen LogP contribution >= 0.6 is 11.6 Å². The van der Waals surface area contributed by atoms with E-state index >= 15 is 0 Å². The zero-order valence-corrected chi connectivity index (χ0v) is 11.5. The normalized spacial score (nSPS) is 10.5. The maximum absolute atomic E-state index is 12.3. The quantitative estimate of drug-likeness (QED) is 0.857. The summed E-state index contributed by atoms with van der Waals surface area (Å²) in [5.41, 5.74) is -0.437. The first-order chi connectivity index (χ1) is 9.88. The monoisotopic (exact) mass is 318 g/mol. The standard InChI is InChI=1S/C12H7F3N2O2.CH3Cl/c13-12(14,15)10-2-1-8(6-17-10)9-5-7(11(18)19)3-4-16-9;1-2/h1-6H,(H,18,19);1H3. The number of rotatable bonds is 2. The Bertz CT molecular complexity index is 616. The van der Waals surface area contributed by atoms with Crippen LogP contribution in [0.3, 0.4) is 0 Å². The fourth-order valence-electron chi connectivity index (χ4n) is 1.43. The minimum absolute atomic E-state index is 0.00454. The largest absolute Gasteiger partial charge is 0.478 e. The van der Waals surface area contributed by atoms with Crippen molar-refractivity contribution in [1.82, 2.24) is 9.97 Å². The van der Waals surface area contributed by atoms with Gasteiger partial charge in [0.1, 0.15) is 5.69 Å². The molecule has 0 fully saturated rings. The molecule has 21 heavy (non-hydrogen) atoms. The highest BCUT2D eigenvalue weighted by atomic mass is 35.5. The molecule has 2 aromatic rings. The van der Waals surface area contributed by atoms with Crippen LogP contribution in [0.5, 0.6) is 0 Å². The fourth-order valence-corrected chi connectivity index (χ4v) is 1.43. The minimum atomic E-state index is -4.51. The van der Waals surface area contributed by atoms with Crippen molar-refractivity contribution in [1.29, 1.82) is 0 Å². The number of carboxylic acids is 1. The molecule has 4 nitrogen and oxygen atoms in total. The summed E-state index contributed by atoms with van der Waals surface area (Å²) in [5.74, 6) is -1.14. The Morgan fingerprint density at radius 1 is 1.19 bits per heavy atom. The number of carboxylic acid groups (broad SMARTS) is 1. The van der Waals surface area contributed by atoms with Gasteiger partial charge in [-0.05, 0) is 24.3 Å². The first kappa shape index (κ1) is 16.9. The molecule has 112 valence electrons. The van der Waals surface area contributed by atoms with Crippen LogP contribution in [-0.4, -0.2) is 27.4 Å². The van der Waals surface area contributed by atoms with Gasteiger partial charge in [0.2, 0.25) is 0 Å². The lowest BCUT2D eigenvalue weighted by Gasteiger charge is -2.06. The van der Waals surface area contributed by atoms with Crippen molar-refractivity contribution >= 4 is 17.6 Å². The summed E-state index contributed by atoms with van der Waals surface area (Å²) in [6.07, 6.45) is -0.748. The van der Waals surface area contributed by atoms with Crippen molar-refractivity contribution in [2.75, 3.05) is 6.38 Å². The summed E-state index contributed by atoms with van der Waals surface area (Å²) in [6, 6.07) is 4.59. The molecule has 2 heterocycles. The summed E-state index contributed by atoms with van der Waals surface area (Å²) >= 11 is 4.64. The van der Waals surface area contributed by atoms with Crippen LogP contribution < -0.4 is 0 Å². The Labute approximate surface area is 123 Å². The van der Waals surface area contributed by atoms with Gasteiger partial charge in [0.05, 0.1) is 11.3 Å². The third-order valence-corrected chi connectivity index (χ3v) is 2.36. The topological polar surface area (TPSA) is 63.1 Å². The van der Waals surface area contributed by atoms with E-state index < -0.39 is 17.8 Å². The van der Waals surface area contributed by atoms with Crippen LogP contribution in [-0.2, 0) is 6.18 Å². The van der Waals surface area contributed by atoms with Gasteiger partial charge in [-0.3, -0.25) is 9.97 Å². The molecule has 2 aromatic heterocycles. The maximum atomic E-state index is 12.3. The van der Waals surface area contributed by atoms with Gasteiger partial charge >= 0.3 is 12.1 Å². The maximum Gasteiger partial charge on any atom is 0.433 e. The highest BCUT2D eigenvalue weighted by molar-refractivity contribution is 6.15. The zero-order chi connectivity index (χ0) is 16.0. The molecule has 0 bridgehead atoms. The van der Waals surface area contributed by atoms with Crippen molar-refractivity contribution in [3.8, 4) is 11.3 Å². The van der Waals surface area contributed by atoms with E-state index in [1.54, 1.807) is 0 Å². The van der Waals surface area contributed by atoms with E-state index in [1.165, 1.54) is 30.8 Å². The van der Waals surface area contributed by atoms with Crippen molar-refractivity contribution in [2.45, 2.75) is 6.18 Å². The lowest BCUT2D eigenvalue weighted by molar-refractivity contribution is -0.141. The average Bonchev–Trinajstić information content (AvgIpc) is 2.49. The highest BCUT2D eigenvalue weighted by Gasteiger charge is 2.32. The molecule has 0 atom stereocenters. The van der Waals surface area contributed by atoms with Crippen LogP contribution in [0.25, 0.3) is 11.3 Å². The molecule has 0 unspecified atom stereocenters. The van der Waals surface area contributed by atoms with E-state index in [-0.39, 0.29) is 11.3 Å². The predicted octanol–water partition coefficient (Wildman–Crippen LogP) is 3.72. The zero-order valence-electron chi connectivity index (χ0n) is 10.7. The Hall–Kier alpha value is -2.15. The SMILES string of the molecule is CCl.O=C(O)c1ccnc(-c2ccc(C(F)(F)F)nc2)c1. The van der Waals surface area contributed by atoms with E-state index in [0.717, 1.165) is 12.3 Å². The van der Waals surface area contributed by atoms with E-state index in [9.17, 15) is 18.0 Å². The number of carbonyl (C=O) groups is 1. The molecular weight excluding hydrogens is 309 g/mol. The Morgan fingerprint density at radius 3 is 2.33 bits per heavy atom. The second kappa shape index (κ2) is 7.03. The van der Waals surface area contributed by atoms with Gasteiger partial charge in [0.15, 0.2) is 0 Å². The van der Waals surface area contributed by atoms with E-state index in [0.29, 0.717) is 5.56 Å². The summed E-state index contributed by atoms with van der Waals surface area (Å²) in [5, 5.41) is 8.81. The van der Waals surface area contributed by atoms with Crippen LogP contribution in [0.4, 0.5) is 13.2 Å². The third-order valence-electron chi connectivity index (χ3n) is 2.36. The van der Waals surface area contributed by atoms with E-state index in [4.69, 9.17) is 5.11 Å². The molecule has 0 saturated carbocycles. The van der Waals surface area contributed by atoms with Gasteiger partial charge in [-0.25, -0.2) is 4.79 Å². The van der Waals surface area contributed by atoms with Gasteiger partial charge in [-0.2, -0.15) is 13.2 Å². The first-order valence-electron chi connectivity index (χ1n) is 5.48. The fraction of sp³-hybridized carbons (Fsp3) is 0.154. The molecule has 0 saturated heterocycles. The minimum Gasteiger partial charge on any atom is -0.478 e. The lowest BCUT2D eigenvalue weighted by Crippen LogP contribution is -2.07. The number of alkyl halides is 4. The van der Waals surface area contributed by atoms with E-state index in [2.05, 4.69) is 21.6 Å². The summed E-state index contributed by atoms with van der Waals surface area (Å²) < 4.78 is 37.0. The molecule has 8 heteroatoms. The van der Waals surface area contributed by atoms with E-state index in [1.807, 2.05) is 0 Å². The number of hydrogen-bond acceptors (Lipinski definition) is 3. The Balaban J connectivity index is 0.00000106. The first-order valence-corrected chi connectivity index (χ1v) is 6.24. The number of nitrogens with zero attached hydrogens (tertiary/aromatic N) is 2. The number of aromatic carboxylic acids is 1. The smallest absolute Gasteiger partial charge is 0.433 e. The summed E-state index contributed by atoms with van der Waals surface area (Å²) in [4.78, 5) is 18.0. The van der Waals surface area contributed by atoms with Gasteiger partial charge in [-0.15, -0.1) is 11.6 Å². The molecule has 0 spiro atoms. The average molecular weight is 319 g/mol. The highest BCUT2D eigenvalue weighted by Crippen LogP contribution is 2.28. The Kier molecular flexibility index (Phi) is 5.66. The summed E-state index contributed by atoms with van der Waals surface area (Å²) in [7, 11) is 0. The lowest BCUT2D eigenvalue weighted by atomic mass is 10.1. The molecule has 0 amide bonds. The number of pyridine rings is 2. The molecule has 0 aliphatic heterocycles. The predicted molar refractivity (Wildman–Crippen MR) is 71.2 cm³/mol. The molecule has 2 rings (SSSR count). The van der Waals surface area contributed by atoms with Gasteiger partial charge < -0.3 is 5.11 Å². The van der Waals surface area contributed by atoms with Crippen LogP contribution in [0.2, 0.25) is 0 Å². The van der Waals surface area contributed by atoms with Crippen molar-refractivity contribution in [3.63, 3.8) is 0 Å². The van der Waals surface area contributed by atoms with Crippen molar-refractivity contribution < 1.29 is 23.1 Å². The van der Waals surface area contributed by atoms with Crippen molar-refractivity contribution in [3.05, 3.63) is 47.9 Å². The summed E-state index contributed by atoms with van der Waals surface area (Å²) in [6.45, 7) is 0. The molecule has 0 aliphatic rings. The number of aromatic nitrogens is 2. The van der Waals surface area contributed by atoms with Gasteiger partial charge in [0, 0.05) is 24.3 Å². The molecule has 1 N–H and O–H groups in total. The van der Waals surface area contributed by atoms with Crippen LogP contribution in [0.15, 0.2) is 36.7 Å². The second-order valence-corrected chi connectivity index (χ2v) is 3.66. The number of halogens is 4. The van der Waals surface area contributed by atoms with Crippen LogP contribution in [0, 0.1) is 0 Å². The Morgan fingerprint density at radius 2 is 1.86 bits per heavy atom. The molecule has 0 radical (unpaired) electrons. The van der Waals surface area contributed by atoms with Gasteiger partial charge in [-0.1, -0.05) is 0 Å². The third kappa shape index (κ3) is 4.42. The molecule has 0 aliphatic carbocycles. The molecular formula is C13H10ClF3N2O2. The van der Waals surface area contributed by atoms with Crippen LogP contribution in [0.1, 0.15) is 16.1 Å². The van der Waals surface area contributed by atoms with Gasteiger partial charge in [0.25, 0.3) is 0 Å². The molecule has 0 aromatic carbocycles. The van der Waals surface area contributed by atoms with Crippen molar-refractivity contribution in [2.24, 2.45) is 0 Å².